The Morgan fingerprint density at radius 1 is 0.935 bits per heavy atom. The Hall–Kier alpha value is -2.64. The number of aryl methyl sites for hydroxylation is 1. The number of hydrogen-bond acceptors (Lipinski definition) is 7. The van der Waals surface area contributed by atoms with Crippen LogP contribution < -0.4 is 4.74 Å². The molecule has 0 radical (unpaired) electrons. The van der Waals surface area contributed by atoms with Crippen LogP contribution in [0.1, 0.15) is 100 Å². The molecule has 8 nitrogen and oxygen atoms in total. The van der Waals surface area contributed by atoms with Gasteiger partial charge in [-0.05, 0) is 60.5 Å². The van der Waals surface area contributed by atoms with E-state index >= 15 is 0 Å². The van der Waals surface area contributed by atoms with Crippen molar-refractivity contribution in [1.29, 1.82) is 0 Å². The molecule has 0 amide bonds. The van der Waals surface area contributed by atoms with Crippen molar-refractivity contribution in [3.8, 4) is 5.75 Å². The van der Waals surface area contributed by atoms with E-state index in [1.54, 1.807) is 41.5 Å². The van der Waals surface area contributed by atoms with Crippen molar-refractivity contribution < 1.29 is 28.7 Å². The molecule has 0 aliphatic carbocycles. The van der Waals surface area contributed by atoms with Gasteiger partial charge in [0, 0.05) is 5.56 Å². The van der Waals surface area contributed by atoms with Crippen LogP contribution >= 0.6 is 0 Å². The maximum absolute atomic E-state index is 13.1. The van der Waals surface area contributed by atoms with Crippen LogP contribution in [0.4, 0.5) is 5.69 Å². The number of nitro groups is 1. The number of carbonyl (C=O) groups excluding carboxylic acids is 2. The van der Waals surface area contributed by atoms with E-state index in [2.05, 4.69) is 6.92 Å². The van der Waals surface area contributed by atoms with E-state index in [1.165, 1.54) is 13.2 Å². The minimum atomic E-state index is -0.964. The first-order chi connectivity index (χ1) is 14.2. The molecule has 174 valence electrons. The van der Waals surface area contributed by atoms with Gasteiger partial charge in [-0.25, -0.2) is 9.59 Å². The average Bonchev–Trinajstić information content (AvgIpc) is 2.60. The molecule has 0 bridgehead atoms. The van der Waals surface area contributed by atoms with Crippen LogP contribution in [0, 0.1) is 10.1 Å². The molecule has 0 N–H and O–H groups in total. The number of methoxy groups -OCH3 is 1. The van der Waals surface area contributed by atoms with Gasteiger partial charge in [0.15, 0.2) is 5.56 Å². The number of esters is 2. The number of rotatable bonds is 9. The van der Waals surface area contributed by atoms with Crippen LogP contribution in [0.3, 0.4) is 0 Å². The summed E-state index contributed by atoms with van der Waals surface area (Å²) in [6.07, 6.45) is 3.99. The van der Waals surface area contributed by atoms with Crippen molar-refractivity contribution in [3.63, 3.8) is 0 Å². The molecular formula is C23H35NO7. The molecule has 0 aliphatic rings. The van der Waals surface area contributed by atoms with Gasteiger partial charge in [0.05, 0.1) is 12.0 Å². The van der Waals surface area contributed by atoms with E-state index in [0.29, 0.717) is 18.4 Å². The van der Waals surface area contributed by atoms with E-state index in [-0.39, 0.29) is 11.3 Å². The molecule has 0 saturated heterocycles. The number of carbonyl (C=O) groups is 2. The monoisotopic (exact) mass is 437 g/mol. The van der Waals surface area contributed by atoms with Crippen LogP contribution in [-0.4, -0.2) is 35.2 Å². The van der Waals surface area contributed by atoms with Gasteiger partial charge >= 0.3 is 11.9 Å². The third-order valence-corrected chi connectivity index (χ3v) is 4.25. The zero-order valence-electron chi connectivity index (χ0n) is 19.9. The van der Waals surface area contributed by atoms with Gasteiger partial charge < -0.3 is 14.2 Å². The molecule has 0 aromatic heterocycles. The third kappa shape index (κ3) is 7.84. The predicted octanol–water partition coefficient (Wildman–Crippen LogP) is 5.64. The Balaban J connectivity index is 3.76. The smallest absolute Gasteiger partial charge is 0.346 e. The summed E-state index contributed by atoms with van der Waals surface area (Å²) in [6, 6.07) is 1.46. The van der Waals surface area contributed by atoms with Gasteiger partial charge in [0.2, 0.25) is 0 Å². The lowest BCUT2D eigenvalue weighted by Crippen LogP contribution is -2.29. The first kappa shape index (κ1) is 26.4. The van der Waals surface area contributed by atoms with Gasteiger partial charge in [-0.3, -0.25) is 10.1 Å². The fourth-order valence-electron chi connectivity index (χ4n) is 3.06. The zero-order chi connectivity index (χ0) is 24.0. The molecule has 1 rings (SSSR count). The first-order valence-corrected chi connectivity index (χ1v) is 10.6. The molecule has 0 unspecified atom stereocenters. The topological polar surface area (TPSA) is 105 Å². The summed E-state index contributed by atoms with van der Waals surface area (Å²) < 4.78 is 16.2. The fourth-order valence-corrected chi connectivity index (χ4v) is 3.06. The second-order valence-corrected chi connectivity index (χ2v) is 9.41. The number of nitro benzene ring substituents is 1. The van der Waals surface area contributed by atoms with Crippen LogP contribution in [0.15, 0.2) is 6.07 Å². The Morgan fingerprint density at radius 3 is 1.87 bits per heavy atom. The largest absolute Gasteiger partial charge is 0.496 e. The van der Waals surface area contributed by atoms with E-state index < -0.39 is 39.3 Å². The van der Waals surface area contributed by atoms with Crippen LogP contribution in [0.25, 0.3) is 0 Å². The normalized spacial score (nSPS) is 11.7. The maximum Gasteiger partial charge on any atom is 0.346 e. The highest BCUT2D eigenvalue weighted by Gasteiger charge is 2.38. The third-order valence-electron chi connectivity index (χ3n) is 4.25. The molecule has 0 heterocycles. The van der Waals surface area contributed by atoms with Crippen molar-refractivity contribution >= 4 is 17.6 Å². The quantitative estimate of drug-likeness (QED) is 0.213. The SMILES string of the molecule is CCCCCCc1cc(OC)c(C(=O)OC(C)(C)C)c(C(=O)OC(C)(C)C)c1[N+](=O)[O-]. The van der Waals surface area contributed by atoms with Gasteiger partial charge in [-0.15, -0.1) is 0 Å². The molecule has 1 aromatic carbocycles. The van der Waals surface area contributed by atoms with Crippen LogP contribution in [-0.2, 0) is 15.9 Å². The Kier molecular flexibility index (Phi) is 9.02. The lowest BCUT2D eigenvalue weighted by molar-refractivity contribution is -0.386. The Morgan fingerprint density at radius 2 is 1.45 bits per heavy atom. The minimum absolute atomic E-state index is 0.0474. The van der Waals surface area contributed by atoms with Crippen LogP contribution in [0.5, 0.6) is 5.75 Å². The molecule has 0 spiro atoms. The van der Waals surface area contributed by atoms with Crippen molar-refractivity contribution in [1.82, 2.24) is 0 Å². The molecule has 0 aliphatic heterocycles. The second kappa shape index (κ2) is 10.6. The predicted molar refractivity (Wildman–Crippen MR) is 118 cm³/mol. The highest BCUT2D eigenvalue weighted by molar-refractivity contribution is 6.08. The molecule has 1 aromatic rings. The summed E-state index contributed by atoms with van der Waals surface area (Å²) in [4.78, 5) is 37.5. The Bertz CT molecular complexity index is 817. The average molecular weight is 438 g/mol. The highest BCUT2D eigenvalue weighted by Crippen LogP contribution is 2.37. The maximum atomic E-state index is 13.1. The van der Waals surface area contributed by atoms with Crippen molar-refractivity contribution in [2.75, 3.05) is 7.11 Å². The van der Waals surface area contributed by atoms with E-state index in [0.717, 1.165) is 19.3 Å². The van der Waals surface area contributed by atoms with Crippen molar-refractivity contribution in [2.24, 2.45) is 0 Å². The molecule has 0 fully saturated rings. The van der Waals surface area contributed by atoms with Gasteiger partial charge in [-0.1, -0.05) is 26.2 Å². The standard InChI is InChI=1S/C23H35NO7/c1-9-10-11-12-13-15-14-16(29-8)17(20(25)30-22(2,3)4)18(19(15)24(27)28)21(26)31-23(5,6)7/h14H,9-13H2,1-8H3. The van der Waals surface area contributed by atoms with Gasteiger partial charge in [0.1, 0.15) is 22.5 Å². The summed E-state index contributed by atoms with van der Waals surface area (Å²) in [5.41, 5.74) is -2.63. The van der Waals surface area contributed by atoms with E-state index in [1.807, 2.05) is 0 Å². The highest BCUT2D eigenvalue weighted by atomic mass is 16.6. The molecule has 0 saturated carbocycles. The summed E-state index contributed by atoms with van der Waals surface area (Å²) in [7, 11) is 1.34. The van der Waals surface area contributed by atoms with Gasteiger partial charge in [-0.2, -0.15) is 0 Å². The summed E-state index contributed by atoms with van der Waals surface area (Å²) in [6.45, 7) is 12.0. The lowest BCUT2D eigenvalue weighted by atomic mass is 9.95. The molecule has 0 atom stereocenters. The number of unbranched alkanes of at least 4 members (excludes halogenated alkanes) is 3. The summed E-state index contributed by atoms with van der Waals surface area (Å²) >= 11 is 0. The summed E-state index contributed by atoms with van der Waals surface area (Å²) in [5.74, 6) is -1.80. The molecule has 8 heteroatoms. The van der Waals surface area contributed by atoms with E-state index in [4.69, 9.17) is 14.2 Å². The minimum Gasteiger partial charge on any atom is -0.496 e. The second-order valence-electron chi connectivity index (χ2n) is 9.41. The van der Waals surface area contributed by atoms with E-state index in [9.17, 15) is 19.7 Å². The fraction of sp³-hybridized carbons (Fsp3) is 0.652. The summed E-state index contributed by atoms with van der Waals surface area (Å²) in [5, 5.41) is 12.1. The lowest BCUT2D eigenvalue weighted by Gasteiger charge is -2.24. The van der Waals surface area contributed by atoms with Gasteiger partial charge in [0.25, 0.3) is 5.69 Å². The first-order valence-electron chi connectivity index (χ1n) is 10.6. The molecule has 31 heavy (non-hydrogen) atoms. The van der Waals surface area contributed by atoms with Crippen molar-refractivity contribution in [3.05, 3.63) is 32.9 Å². The zero-order valence-corrected chi connectivity index (χ0v) is 19.9. The Labute approximate surface area is 184 Å². The number of hydrogen-bond donors (Lipinski definition) is 0. The number of ether oxygens (including phenoxy) is 3. The number of nitrogens with zero attached hydrogens (tertiary/aromatic N) is 1. The molecular weight excluding hydrogens is 402 g/mol. The number of benzene rings is 1. The van der Waals surface area contributed by atoms with Crippen molar-refractivity contribution in [2.45, 2.75) is 91.8 Å². The van der Waals surface area contributed by atoms with Crippen LogP contribution in [0.2, 0.25) is 0 Å².